The lowest BCUT2D eigenvalue weighted by Gasteiger charge is -2.13. The minimum Gasteiger partial charge on any atom is -0.290 e. The largest absolute Gasteiger partial charge is 0.290 e. The van der Waals surface area contributed by atoms with Crippen LogP contribution in [-0.2, 0) is 6.54 Å². The van der Waals surface area contributed by atoms with E-state index in [0.29, 0.717) is 28.4 Å². The SMILES string of the molecule is NNC(=O)c1ccc(Cn2c(C3CC3)ncc(-c3ccccn3)c2=O)nc1. The first kappa shape index (κ1) is 17.0. The van der Waals surface area contributed by atoms with Crippen LogP contribution in [0, 0.1) is 0 Å². The highest BCUT2D eigenvalue weighted by atomic mass is 16.2. The van der Waals surface area contributed by atoms with Gasteiger partial charge in [-0.05, 0) is 37.1 Å². The van der Waals surface area contributed by atoms with Gasteiger partial charge in [0.2, 0.25) is 0 Å². The zero-order valence-corrected chi connectivity index (χ0v) is 14.5. The molecule has 1 fully saturated rings. The van der Waals surface area contributed by atoms with E-state index in [4.69, 9.17) is 5.84 Å². The second-order valence-electron chi connectivity index (χ2n) is 6.42. The summed E-state index contributed by atoms with van der Waals surface area (Å²) in [5.41, 5.74) is 3.99. The molecule has 0 aromatic carbocycles. The van der Waals surface area contributed by atoms with Gasteiger partial charge in [-0.15, -0.1) is 0 Å². The average Bonchev–Trinajstić information content (AvgIpc) is 3.55. The Morgan fingerprint density at radius 2 is 2.00 bits per heavy atom. The molecule has 1 amide bonds. The van der Waals surface area contributed by atoms with Gasteiger partial charge in [0.05, 0.1) is 29.1 Å². The van der Waals surface area contributed by atoms with Crippen molar-refractivity contribution in [2.45, 2.75) is 25.3 Å². The molecular weight excluding hydrogens is 344 g/mol. The molecule has 1 aliphatic rings. The predicted molar refractivity (Wildman–Crippen MR) is 98.7 cm³/mol. The number of hydrogen-bond donors (Lipinski definition) is 2. The molecule has 8 heteroatoms. The highest BCUT2D eigenvalue weighted by Gasteiger charge is 2.29. The summed E-state index contributed by atoms with van der Waals surface area (Å²) in [6.45, 7) is 0.281. The number of rotatable bonds is 5. The lowest BCUT2D eigenvalue weighted by molar-refractivity contribution is 0.0953. The molecule has 3 aromatic rings. The Morgan fingerprint density at radius 1 is 1.15 bits per heavy atom. The van der Waals surface area contributed by atoms with Crippen LogP contribution in [0.4, 0.5) is 0 Å². The van der Waals surface area contributed by atoms with Crippen molar-refractivity contribution < 1.29 is 4.79 Å². The Labute approximate surface area is 155 Å². The standard InChI is InChI=1S/C19H18N6O2/c20-24-18(26)13-6-7-14(22-9-13)11-25-17(12-4-5-12)23-10-15(19(25)27)16-3-1-2-8-21-16/h1-3,6-10,12H,4-5,11,20H2,(H,24,26). The van der Waals surface area contributed by atoms with Crippen LogP contribution in [0.25, 0.3) is 11.3 Å². The molecule has 0 unspecified atom stereocenters. The quantitative estimate of drug-likeness (QED) is 0.401. The number of hydrogen-bond acceptors (Lipinski definition) is 6. The maximum atomic E-state index is 13.1. The summed E-state index contributed by atoms with van der Waals surface area (Å²) in [7, 11) is 0. The van der Waals surface area contributed by atoms with E-state index >= 15 is 0 Å². The monoisotopic (exact) mass is 362 g/mol. The molecule has 3 heterocycles. The first-order valence-corrected chi connectivity index (χ1v) is 8.64. The Bertz CT molecular complexity index is 1030. The smallest absolute Gasteiger partial charge is 0.266 e. The molecule has 1 aliphatic carbocycles. The summed E-state index contributed by atoms with van der Waals surface area (Å²) in [5, 5.41) is 0. The van der Waals surface area contributed by atoms with Gasteiger partial charge < -0.3 is 0 Å². The fourth-order valence-corrected chi connectivity index (χ4v) is 2.92. The maximum absolute atomic E-state index is 13.1. The lowest BCUT2D eigenvalue weighted by atomic mass is 10.2. The number of aromatic nitrogens is 4. The maximum Gasteiger partial charge on any atom is 0.266 e. The van der Waals surface area contributed by atoms with Crippen LogP contribution >= 0.6 is 0 Å². The molecule has 3 N–H and O–H groups in total. The molecule has 0 aliphatic heterocycles. The summed E-state index contributed by atoms with van der Waals surface area (Å²) in [6.07, 6.45) is 6.75. The van der Waals surface area contributed by atoms with Crippen molar-refractivity contribution in [3.8, 4) is 11.3 Å². The van der Waals surface area contributed by atoms with Gasteiger partial charge in [-0.2, -0.15) is 0 Å². The third-order valence-electron chi connectivity index (χ3n) is 4.50. The molecular formula is C19H18N6O2. The van der Waals surface area contributed by atoms with Crippen LogP contribution in [0.1, 0.15) is 40.6 Å². The van der Waals surface area contributed by atoms with E-state index in [-0.39, 0.29) is 12.1 Å². The summed E-state index contributed by atoms with van der Waals surface area (Å²) < 4.78 is 1.66. The molecule has 0 saturated heterocycles. The van der Waals surface area contributed by atoms with Crippen molar-refractivity contribution in [3.63, 3.8) is 0 Å². The average molecular weight is 362 g/mol. The normalized spacial score (nSPS) is 13.4. The fourth-order valence-electron chi connectivity index (χ4n) is 2.92. The van der Waals surface area contributed by atoms with E-state index in [1.54, 1.807) is 41.2 Å². The van der Waals surface area contributed by atoms with E-state index in [2.05, 4.69) is 20.4 Å². The molecule has 136 valence electrons. The molecule has 0 bridgehead atoms. The van der Waals surface area contributed by atoms with Gasteiger partial charge in [-0.25, -0.2) is 10.8 Å². The zero-order chi connectivity index (χ0) is 18.8. The molecule has 0 atom stereocenters. The van der Waals surface area contributed by atoms with Crippen LogP contribution in [0.15, 0.2) is 53.7 Å². The summed E-state index contributed by atoms with van der Waals surface area (Å²) in [4.78, 5) is 37.8. The highest BCUT2D eigenvalue weighted by Crippen LogP contribution is 2.38. The number of carbonyl (C=O) groups excluding carboxylic acids is 1. The second-order valence-corrected chi connectivity index (χ2v) is 6.42. The van der Waals surface area contributed by atoms with Gasteiger partial charge in [0.25, 0.3) is 11.5 Å². The van der Waals surface area contributed by atoms with Crippen LogP contribution < -0.4 is 16.8 Å². The summed E-state index contributed by atoms with van der Waals surface area (Å²) in [5.74, 6) is 5.79. The van der Waals surface area contributed by atoms with Crippen LogP contribution in [-0.4, -0.2) is 25.4 Å². The van der Waals surface area contributed by atoms with Crippen LogP contribution in [0.2, 0.25) is 0 Å². The minimum atomic E-state index is -0.413. The fraction of sp³-hybridized carbons (Fsp3) is 0.211. The molecule has 0 radical (unpaired) electrons. The molecule has 8 nitrogen and oxygen atoms in total. The molecule has 1 saturated carbocycles. The summed E-state index contributed by atoms with van der Waals surface area (Å²) >= 11 is 0. The Kier molecular flexibility index (Phi) is 4.47. The van der Waals surface area contributed by atoms with E-state index in [1.165, 1.54) is 6.20 Å². The first-order chi connectivity index (χ1) is 13.2. The molecule has 0 spiro atoms. The van der Waals surface area contributed by atoms with E-state index < -0.39 is 5.91 Å². The van der Waals surface area contributed by atoms with Crippen molar-refractivity contribution >= 4 is 5.91 Å². The van der Waals surface area contributed by atoms with Gasteiger partial charge in [0.1, 0.15) is 5.82 Å². The molecule has 3 aromatic heterocycles. The van der Waals surface area contributed by atoms with Gasteiger partial charge in [0, 0.05) is 24.5 Å². The Morgan fingerprint density at radius 3 is 2.63 bits per heavy atom. The number of nitrogens with one attached hydrogen (secondary N) is 1. The number of nitrogen functional groups attached to an aromatic ring is 1. The first-order valence-electron chi connectivity index (χ1n) is 8.64. The third kappa shape index (κ3) is 3.47. The van der Waals surface area contributed by atoms with Gasteiger partial charge in [-0.1, -0.05) is 6.07 Å². The van der Waals surface area contributed by atoms with Crippen molar-refractivity contribution in [2.75, 3.05) is 0 Å². The van der Waals surface area contributed by atoms with Crippen molar-refractivity contribution in [3.05, 3.63) is 76.4 Å². The number of carbonyl (C=O) groups is 1. The van der Waals surface area contributed by atoms with Gasteiger partial charge in [0.15, 0.2) is 0 Å². The van der Waals surface area contributed by atoms with Crippen molar-refractivity contribution in [2.24, 2.45) is 5.84 Å². The molecule has 4 rings (SSSR count). The number of nitrogens with zero attached hydrogens (tertiary/aromatic N) is 4. The van der Waals surface area contributed by atoms with Crippen molar-refractivity contribution in [1.29, 1.82) is 0 Å². The minimum absolute atomic E-state index is 0.142. The third-order valence-corrected chi connectivity index (χ3v) is 4.50. The van der Waals surface area contributed by atoms with Crippen molar-refractivity contribution in [1.82, 2.24) is 24.9 Å². The topological polar surface area (TPSA) is 116 Å². The number of nitrogens with two attached hydrogens (primary N) is 1. The second kappa shape index (κ2) is 7.08. The Balaban J connectivity index is 1.72. The van der Waals surface area contributed by atoms with Gasteiger partial charge >= 0.3 is 0 Å². The Hall–Kier alpha value is -3.39. The number of pyridine rings is 2. The number of hydrazine groups is 1. The highest BCUT2D eigenvalue weighted by molar-refractivity contribution is 5.93. The van der Waals surface area contributed by atoms with E-state index in [9.17, 15) is 9.59 Å². The zero-order valence-electron chi connectivity index (χ0n) is 14.5. The molecule has 27 heavy (non-hydrogen) atoms. The lowest BCUT2D eigenvalue weighted by Crippen LogP contribution is -2.30. The number of amides is 1. The van der Waals surface area contributed by atoms with Crippen LogP contribution in [0.3, 0.4) is 0 Å². The van der Waals surface area contributed by atoms with Gasteiger partial charge in [-0.3, -0.25) is 29.5 Å². The van der Waals surface area contributed by atoms with E-state index in [0.717, 1.165) is 18.7 Å². The predicted octanol–water partition coefficient (Wildman–Crippen LogP) is 1.23. The van der Waals surface area contributed by atoms with E-state index in [1.807, 2.05) is 6.07 Å². The summed E-state index contributed by atoms with van der Waals surface area (Å²) in [6, 6.07) is 8.77. The van der Waals surface area contributed by atoms with Crippen LogP contribution in [0.5, 0.6) is 0 Å².